The summed E-state index contributed by atoms with van der Waals surface area (Å²) in [7, 11) is 0. The van der Waals surface area contributed by atoms with E-state index in [2.05, 4.69) is 45.0 Å². The minimum atomic E-state index is -0.184. The van der Waals surface area contributed by atoms with Crippen molar-refractivity contribution in [3.63, 3.8) is 0 Å². The summed E-state index contributed by atoms with van der Waals surface area (Å²) in [5.74, 6) is 0. The highest BCUT2D eigenvalue weighted by molar-refractivity contribution is 5.81. The SMILES string of the molecule is Cc1ccc2onc(CNC(=O)NCCN3CCc4ccccc4C3)c2c1. The molecule has 0 bridgehead atoms. The average Bonchev–Trinajstić information content (AvgIpc) is 3.08. The van der Waals surface area contributed by atoms with Crippen LogP contribution in [0.25, 0.3) is 11.0 Å². The number of aromatic nitrogens is 1. The van der Waals surface area contributed by atoms with Crippen molar-refractivity contribution in [1.29, 1.82) is 0 Å². The van der Waals surface area contributed by atoms with E-state index in [1.165, 1.54) is 11.1 Å². The van der Waals surface area contributed by atoms with Gasteiger partial charge in [-0.25, -0.2) is 4.79 Å². The summed E-state index contributed by atoms with van der Waals surface area (Å²) in [5.41, 5.74) is 5.45. The van der Waals surface area contributed by atoms with Crippen molar-refractivity contribution < 1.29 is 9.32 Å². The van der Waals surface area contributed by atoms with Crippen molar-refractivity contribution in [2.75, 3.05) is 19.6 Å². The Hall–Kier alpha value is -2.86. The van der Waals surface area contributed by atoms with E-state index in [1.54, 1.807) is 0 Å². The quantitative estimate of drug-likeness (QED) is 0.730. The van der Waals surface area contributed by atoms with Crippen molar-refractivity contribution in [3.05, 3.63) is 64.8 Å². The lowest BCUT2D eigenvalue weighted by Gasteiger charge is -2.28. The van der Waals surface area contributed by atoms with Crippen LogP contribution in [0.5, 0.6) is 0 Å². The molecule has 4 rings (SSSR count). The molecule has 1 aliphatic heterocycles. The number of nitrogens with one attached hydrogen (secondary N) is 2. The molecule has 3 aromatic rings. The third-order valence-corrected chi connectivity index (χ3v) is 5.04. The van der Waals surface area contributed by atoms with Gasteiger partial charge in [0.2, 0.25) is 0 Å². The highest BCUT2D eigenvalue weighted by Gasteiger charge is 2.15. The molecule has 0 radical (unpaired) electrons. The summed E-state index contributed by atoms with van der Waals surface area (Å²) in [6, 6.07) is 14.3. The predicted octanol–water partition coefficient (Wildman–Crippen LogP) is 2.99. The van der Waals surface area contributed by atoms with Gasteiger partial charge in [0.15, 0.2) is 5.58 Å². The molecule has 2 aromatic carbocycles. The number of aryl methyl sites for hydroxylation is 1. The van der Waals surface area contributed by atoms with Gasteiger partial charge in [-0.2, -0.15) is 0 Å². The van der Waals surface area contributed by atoms with Gasteiger partial charge in [-0.3, -0.25) is 4.90 Å². The molecule has 1 aliphatic rings. The van der Waals surface area contributed by atoms with Crippen LogP contribution in [-0.2, 0) is 19.5 Å². The Labute approximate surface area is 158 Å². The second kappa shape index (κ2) is 7.80. The van der Waals surface area contributed by atoms with Crippen LogP contribution in [0.2, 0.25) is 0 Å². The van der Waals surface area contributed by atoms with Crippen molar-refractivity contribution >= 4 is 17.0 Å². The standard InChI is InChI=1S/C21H24N4O2/c1-15-6-7-20-18(12-15)19(24-27-20)13-23-21(26)22-9-11-25-10-8-16-4-2-3-5-17(16)14-25/h2-7,12H,8-11,13-14H2,1H3,(H2,22,23,26). The third kappa shape index (κ3) is 4.11. The molecule has 0 spiro atoms. The first-order chi connectivity index (χ1) is 13.2. The molecule has 0 saturated carbocycles. The minimum Gasteiger partial charge on any atom is -0.356 e. The van der Waals surface area contributed by atoms with Gasteiger partial charge in [0.1, 0.15) is 5.69 Å². The monoisotopic (exact) mass is 364 g/mol. The number of carbonyl (C=O) groups excluding carboxylic acids is 1. The predicted molar refractivity (Wildman–Crippen MR) is 104 cm³/mol. The Morgan fingerprint density at radius 1 is 1.19 bits per heavy atom. The average molecular weight is 364 g/mol. The number of rotatable bonds is 5. The first-order valence-electron chi connectivity index (χ1n) is 9.35. The number of nitrogens with zero attached hydrogens (tertiary/aromatic N) is 2. The molecule has 2 heterocycles. The van der Waals surface area contributed by atoms with Crippen LogP contribution < -0.4 is 10.6 Å². The molecule has 0 fully saturated rings. The maximum absolute atomic E-state index is 12.1. The van der Waals surface area contributed by atoms with Crippen molar-refractivity contribution in [3.8, 4) is 0 Å². The maximum Gasteiger partial charge on any atom is 0.315 e. The van der Waals surface area contributed by atoms with Crippen molar-refractivity contribution in [1.82, 2.24) is 20.7 Å². The number of hydrogen-bond acceptors (Lipinski definition) is 4. The van der Waals surface area contributed by atoms with Crippen LogP contribution in [0.4, 0.5) is 4.79 Å². The molecule has 2 amide bonds. The molecule has 0 atom stereocenters. The summed E-state index contributed by atoms with van der Waals surface area (Å²) in [5, 5.41) is 10.8. The van der Waals surface area contributed by atoms with Crippen LogP contribution in [0.15, 0.2) is 47.0 Å². The molecule has 1 aromatic heterocycles. The Balaban J connectivity index is 1.23. The zero-order valence-corrected chi connectivity index (χ0v) is 15.5. The van der Waals surface area contributed by atoms with Crippen LogP contribution in [0, 0.1) is 6.92 Å². The van der Waals surface area contributed by atoms with E-state index in [9.17, 15) is 4.79 Å². The fraction of sp³-hybridized carbons (Fsp3) is 0.333. The van der Waals surface area contributed by atoms with E-state index >= 15 is 0 Å². The summed E-state index contributed by atoms with van der Waals surface area (Å²) in [4.78, 5) is 14.5. The number of hydrogen-bond donors (Lipinski definition) is 2. The van der Waals surface area contributed by atoms with E-state index in [-0.39, 0.29) is 6.03 Å². The summed E-state index contributed by atoms with van der Waals surface area (Å²) in [6.45, 7) is 5.81. The second-order valence-corrected chi connectivity index (χ2v) is 7.03. The highest BCUT2D eigenvalue weighted by Crippen LogP contribution is 2.20. The molecule has 2 N–H and O–H groups in total. The number of carbonyl (C=O) groups is 1. The third-order valence-electron chi connectivity index (χ3n) is 5.04. The van der Waals surface area contributed by atoms with Gasteiger partial charge in [0, 0.05) is 31.6 Å². The van der Waals surface area contributed by atoms with Crippen LogP contribution in [-0.4, -0.2) is 35.7 Å². The molecule has 0 unspecified atom stereocenters. The smallest absolute Gasteiger partial charge is 0.315 e. The van der Waals surface area contributed by atoms with E-state index in [0.29, 0.717) is 13.1 Å². The second-order valence-electron chi connectivity index (χ2n) is 7.03. The topological polar surface area (TPSA) is 70.4 Å². The van der Waals surface area contributed by atoms with Gasteiger partial charge < -0.3 is 15.2 Å². The lowest BCUT2D eigenvalue weighted by atomic mass is 10.00. The van der Waals surface area contributed by atoms with E-state index in [0.717, 1.165) is 48.3 Å². The Morgan fingerprint density at radius 2 is 2.04 bits per heavy atom. The Bertz CT molecular complexity index is 950. The van der Waals surface area contributed by atoms with E-state index < -0.39 is 0 Å². The lowest BCUT2D eigenvalue weighted by molar-refractivity contribution is 0.230. The first kappa shape index (κ1) is 17.5. The van der Waals surface area contributed by atoms with Crippen molar-refractivity contribution in [2.24, 2.45) is 0 Å². The molecule has 6 nitrogen and oxygen atoms in total. The van der Waals surface area contributed by atoms with Crippen LogP contribution in [0.1, 0.15) is 22.4 Å². The normalized spacial score (nSPS) is 14.1. The fourth-order valence-electron chi connectivity index (χ4n) is 3.53. The Kier molecular flexibility index (Phi) is 5.07. The molecule has 0 aliphatic carbocycles. The number of amides is 2. The molecule has 27 heavy (non-hydrogen) atoms. The van der Waals surface area contributed by atoms with Crippen LogP contribution >= 0.6 is 0 Å². The Morgan fingerprint density at radius 3 is 2.93 bits per heavy atom. The van der Waals surface area contributed by atoms with Gasteiger partial charge in [-0.15, -0.1) is 0 Å². The van der Waals surface area contributed by atoms with Crippen molar-refractivity contribution in [2.45, 2.75) is 26.4 Å². The molecular weight excluding hydrogens is 340 g/mol. The van der Waals surface area contributed by atoms with Gasteiger partial charge in [-0.1, -0.05) is 41.1 Å². The number of benzene rings is 2. The van der Waals surface area contributed by atoms with E-state index in [4.69, 9.17) is 4.52 Å². The van der Waals surface area contributed by atoms with Crippen LogP contribution in [0.3, 0.4) is 0 Å². The highest BCUT2D eigenvalue weighted by atomic mass is 16.5. The zero-order chi connectivity index (χ0) is 18.6. The molecule has 0 saturated heterocycles. The summed E-state index contributed by atoms with van der Waals surface area (Å²) in [6.07, 6.45) is 1.07. The molecular formula is C21H24N4O2. The number of fused-ring (bicyclic) bond motifs is 2. The van der Waals surface area contributed by atoms with E-state index in [1.807, 2.05) is 25.1 Å². The molecule has 6 heteroatoms. The van der Waals surface area contributed by atoms with Gasteiger partial charge in [0.05, 0.1) is 6.54 Å². The van der Waals surface area contributed by atoms with Gasteiger partial charge in [0.25, 0.3) is 0 Å². The first-order valence-corrected chi connectivity index (χ1v) is 9.35. The maximum atomic E-state index is 12.1. The largest absolute Gasteiger partial charge is 0.356 e. The zero-order valence-electron chi connectivity index (χ0n) is 15.5. The molecule has 140 valence electrons. The van der Waals surface area contributed by atoms with Gasteiger partial charge in [-0.05, 0) is 36.6 Å². The summed E-state index contributed by atoms with van der Waals surface area (Å²) >= 11 is 0. The minimum absolute atomic E-state index is 0.184. The fourth-order valence-corrected chi connectivity index (χ4v) is 3.53. The lowest BCUT2D eigenvalue weighted by Crippen LogP contribution is -2.41. The summed E-state index contributed by atoms with van der Waals surface area (Å²) < 4.78 is 5.30. The number of urea groups is 1. The van der Waals surface area contributed by atoms with Gasteiger partial charge >= 0.3 is 6.03 Å².